The highest BCUT2D eigenvalue weighted by Crippen LogP contribution is 2.27. The Kier molecular flexibility index (Phi) is 4.41. The number of rotatable bonds is 3. The van der Waals surface area contributed by atoms with Crippen molar-refractivity contribution in [3.63, 3.8) is 0 Å². The highest BCUT2D eigenvalue weighted by atomic mass is 79.9. The van der Waals surface area contributed by atoms with Crippen LogP contribution < -0.4 is 5.32 Å². The van der Waals surface area contributed by atoms with Gasteiger partial charge in [0.2, 0.25) is 0 Å². The number of nitrogens with one attached hydrogen (secondary N) is 1. The van der Waals surface area contributed by atoms with E-state index in [1.807, 2.05) is 0 Å². The van der Waals surface area contributed by atoms with Crippen LogP contribution in [0.3, 0.4) is 0 Å². The van der Waals surface area contributed by atoms with E-state index in [-0.39, 0.29) is 12.1 Å². The summed E-state index contributed by atoms with van der Waals surface area (Å²) in [4.78, 5) is 1.34. The van der Waals surface area contributed by atoms with Crippen LogP contribution in [0.5, 0.6) is 0 Å². The molecule has 0 bridgehead atoms. The van der Waals surface area contributed by atoms with Crippen LogP contribution in [0.2, 0.25) is 0 Å². The van der Waals surface area contributed by atoms with E-state index in [1.54, 1.807) is 11.3 Å². The summed E-state index contributed by atoms with van der Waals surface area (Å²) in [6, 6.07) is 2.49. The molecule has 1 aliphatic carbocycles. The van der Waals surface area contributed by atoms with Crippen LogP contribution in [0, 0.1) is 6.92 Å². The van der Waals surface area contributed by atoms with E-state index in [0.29, 0.717) is 0 Å². The molecule has 0 spiro atoms. The molecule has 2 unspecified atom stereocenters. The molecule has 0 aliphatic heterocycles. The van der Waals surface area contributed by atoms with Crippen molar-refractivity contribution >= 4 is 27.3 Å². The van der Waals surface area contributed by atoms with Crippen LogP contribution >= 0.6 is 27.3 Å². The van der Waals surface area contributed by atoms with Gasteiger partial charge < -0.3 is 10.4 Å². The van der Waals surface area contributed by atoms with Crippen LogP contribution in [0.25, 0.3) is 0 Å². The minimum atomic E-state index is -0.154. The first-order valence-corrected chi connectivity index (χ1v) is 7.44. The van der Waals surface area contributed by atoms with E-state index >= 15 is 0 Å². The maximum absolute atomic E-state index is 9.84. The first-order valence-electron chi connectivity index (χ1n) is 5.83. The maximum atomic E-state index is 9.84. The van der Waals surface area contributed by atoms with Crippen molar-refractivity contribution in [2.45, 2.75) is 51.3 Å². The third kappa shape index (κ3) is 3.06. The Morgan fingerprint density at radius 3 is 2.88 bits per heavy atom. The molecule has 0 aromatic carbocycles. The van der Waals surface area contributed by atoms with Crippen molar-refractivity contribution in [3.05, 3.63) is 20.3 Å². The van der Waals surface area contributed by atoms with Gasteiger partial charge in [0, 0.05) is 17.5 Å². The summed E-state index contributed by atoms with van der Waals surface area (Å²) in [7, 11) is 0. The molecule has 0 radical (unpaired) electrons. The molecule has 1 saturated carbocycles. The third-order valence-corrected chi connectivity index (χ3v) is 5.31. The van der Waals surface area contributed by atoms with Gasteiger partial charge >= 0.3 is 0 Å². The van der Waals surface area contributed by atoms with Crippen LogP contribution in [0.4, 0.5) is 0 Å². The quantitative estimate of drug-likeness (QED) is 0.899. The van der Waals surface area contributed by atoms with Gasteiger partial charge in [-0.15, -0.1) is 11.3 Å². The molecular formula is C12H18BrNOS. The van der Waals surface area contributed by atoms with E-state index in [4.69, 9.17) is 0 Å². The van der Waals surface area contributed by atoms with Gasteiger partial charge in [-0.25, -0.2) is 0 Å². The van der Waals surface area contributed by atoms with Crippen molar-refractivity contribution in [1.29, 1.82) is 0 Å². The van der Waals surface area contributed by atoms with E-state index < -0.39 is 0 Å². The number of aliphatic hydroxyl groups is 1. The smallest absolute Gasteiger partial charge is 0.0730 e. The topological polar surface area (TPSA) is 32.3 Å². The number of aliphatic hydroxyl groups excluding tert-OH is 1. The number of aryl methyl sites for hydroxylation is 1. The zero-order valence-corrected chi connectivity index (χ0v) is 11.9. The zero-order chi connectivity index (χ0) is 11.5. The van der Waals surface area contributed by atoms with Crippen molar-refractivity contribution in [2.24, 2.45) is 0 Å². The molecule has 1 fully saturated rings. The zero-order valence-electron chi connectivity index (χ0n) is 9.50. The van der Waals surface area contributed by atoms with E-state index in [1.165, 1.54) is 27.1 Å². The molecule has 1 aromatic rings. The first-order chi connectivity index (χ1) is 7.66. The second kappa shape index (κ2) is 5.63. The predicted octanol–water partition coefficient (Wildman–Crippen LogP) is 3.21. The highest BCUT2D eigenvalue weighted by Gasteiger charge is 2.22. The second-order valence-corrected chi connectivity index (χ2v) is 6.96. The molecule has 1 aliphatic rings. The number of halogens is 1. The Morgan fingerprint density at radius 1 is 1.50 bits per heavy atom. The van der Waals surface area contributed by atoms with Crippen LogP contribution in [-0.2, 0) is 6.54 Å². The second-order valence-electron chi connectivity index (χ2n) is 4.51. The monoisotopic (exact) mass is 303 g/mol. The predicted molar refractivity (Wildman–Crippen MR) is 71.9 cm³/mol. The Labute approximate surface area is 109 Å². The Hall–Kier alpha value is 0.100. The van der Waals surface area contributed by atoms with Crippen LogP contribution in [0.1, 0.15) is 36.1 Å². The van der Waals surface area contributed by atoms with Gasteiger partial charge in [0.1, 0.15) is 0 Å². The molecule has 0 amide bonds. The molecule has 2 nitrogen and oxygen atoms in total. The average Bonchev–Trinajstić information content (AvgIpc) is 2.57. The minimum absolute atomic E-state index is 0.154. The number of hydrogen-bond donors (Lipinski definition) is 2. The molecule has 1 heterocycles. The summed E-state index contributed by atoms with van der Waals surface area (Å²) in [6.45, 7) is 2.98. The molecule has 4 heteroatoms. The van der Waals surface area contributed by atoms with Gasteiger partial charge in [-0.2, -0.15) is 0 Å². The fourth-order valence-corrected chi connectivity index (χ4v) is 3.77. The van der Waals surface area contributed by atoms with Crippen LogP contribution in [-0.4, -0.2) is 17.3 Å². The van der Waals surface area contributed by atoms with Crippen molar-refractivity contribution < 1.29 is 5.11 Å². The third-order valence-electron chi connectivity index (χ3n) is 3.18. The highest BCUT2D eigenvalue weighted by molar-refractivity contribution is 9.11. The molecule has 0 saturated heterocycles. The summed E-state index contributed by atoms with van der Waals surface area (Å²) in [5.74, 6) is 0. The lowest BCUT2D eigenvalue weighted by atomic mass is 9.92. The van der Waals surface area contributed by atoms with E-state index in [9.17, 15) is 5.11 Å². The standard InChI is InChI=1S/C12H18BrNOS/c1-8-6-9(16-12(8)13)7-14-10-4-2-3-5-11(10)15/h6,10-11,14-15H,2-5,7H2,1H3. The lowest BCUT2D eigenvalue weighted by molar-refractivity contribution is 0.0904. The van der Waals surface area contributed by atoms with Gasteiger partial charge in [0.25, 0.3) is 0 Å². The van der Waals surface area contributed by atoms with Gasteiger partial charge in [0.05, 0.1) is 9.89 Å². The van der Waals surface area contributed by atoms with Gasteiger partial charge in [-0.3, -0.25) is 0 Å². The fraction of sp³-hybridized carbons (Fsp3) is 0.667. The molecule has 2 rings (SSSR count). The molecule has 2 N–H and O–H groups in total. The van der Waals surface area contributed by atoms with E-state index in [0.717, 1.165) is 19.4 Å². The van der Waals surface area contributed by atoms with Gasteiger partial charge in [-0.1, -0.05) is 12.8 Å². The molecule has 2 atom stereocenters. The molecular weight excluding hydrogens is 286 g/mol. The summed E-state index contributed by atoms with van der Waals surface area (Å²) in [5, 5.41) is 13.3. The largest absolute Gasteiger partial charge is 0.392 e. The minimum Gasteiger partial charge on any atom is -0.392 e. The normalized spacial score (nSPS) is 25.9. The maximum Gasteiger partial charge on any atom is 0.0730 e. The lowest BCUT2D eigenvalue weighted by Gasteiger charge is -2.28. The fourth-order valence-electron chi connectivity index (χ4n) is 2.19. The first kappa shape index (κ1) is 12.6. The van der Waals surface area contributed by atoms with E-state index in [2.05, 4.69) is 34.2 Å². The van der Waals surface area contributed by atoms with Gasteiger partial charge in [-0.05, 0) is 47.3 Å². The summed E-state index contributed by atoms with van der Waals surface area (Å²) < 4.78 is 1.22. The van der Waals surface area contributed by atoms with Crippen molar-refractivity contribution in [1.82, 2.24) is 5.32 Å². The number of thiophene rings is 1. The lowest BCUT2D eigenvalue weighted by Crippen LogP contribution is -2.41. The average molecular weight is 304 g/mol. The molecule has 1 aromatic heterocycles. The molecule has 16 heavy (non-hydrogen) atoms. The Bertz CT molecular complexity index is 333. The molecule has 90 valence electrons. The van der Waals surface area contributed by atoms with Crippen LogP contribution in [0.15, 0.2) is 9.85 Å². The van der Waals surface area contributed by atoms with Gasteiger partial charge in [0.15, 0.2) is 0 Å². The Balaban J connectivity index is 1.86. The SMILES string of the molecule is Cc1cc(CNC2CCCCC2O)sc1Br. The van der Waals surface area contributed by atoms with Crippen molar-refractivity contribution in [3.8, 4) is 0 Å². The Morgan fingerprint density at radius 2 is 2.25 bits per heavy atom. The summed E-state index contributed by atoms with van der Waals surface area (Å²) in [5.41, 5.74) is 1.30. The number of hydrogen-bond acceptors (Lipinski definition) is 3. The van der Waals surface area contributed by atoms with Crippen molar-refractivity contribution in [2.75, 3.05) is 0 Å². The summed E-state index contributed by atoms with van der Waals surface area (Å²) >= 11 is 5.31. The summed E-state index contributed by atoms with van der Waals surface area (Å²) in [6.07, 6.45) is 4.31.